The minimum atomic E-state index is -0.364. The van der Waals surface area contributed by atoms with Crippen molar-refractivity contribution in [2.24, 2.45) is 0 Å². The molecule has 1 aromatic heterocycles. The first-order chi connectivity index (χ1) is 13.1. The summed E-state index contributed by atoms with van der Waals surface area (Å²) in [7, 11) is 1.63. The Balaban J connectivity index is 1.52. The molecule has 4 rings (SSSR count). The predicted molar refractivity (Wildman–Crippen MR) is 107 cm³/mol. The maximum absolute atomic E-state index is 6.00. The topological polar surface area (TPSA) is 57.4 Å². The highest BCUT2D eigenvalue weighted by Crippen LogP contribution is 2.28. The van der Waals surface area contributed by atoms with Gasteiger partial charge in [0.15, 0.2) is 6.10 Å². The molecule has 1 atom stereocenters. The zero-order valence-corrected chi connectivity index (χ0v) is 16.4. The van der Waals surface area contributed by atoms with E-state index in [2.05, 4.69) is 32.2 Å². The summed E-state index contributed by atoms with van der Waals surface area (Å²) in [5.41, 5.74) is 0.832. The molecule has 0 aliphatic rings. The number of halogens is 1. The van der Waals surface area contributed by atoms with Gasteiger partial charge < -0.3 is 13.9 Å². The Bertz CT molecular complexity index is 1080. The summed E-state index contributed by atoms with van der Waals surface area (Å²) in [6.07, 6.45) is -0.364. The third kappa shape index (κ3) is 3.80. The van der Waals surface area contributed by atoms with Crippen molar-refractivity contribution in [2.75, 3.05) is 7.11 Å². The number of fused-ring (bicyclic) bond motifs is 1. The number of methoxy groups -OCH3 is 1. The van der Waals surface area contributed by atoms with Crippen LogP contribution in [-0.2, 0) is 0 Å². The molecule has 0 unspecified atom stereocenters. The second-order valence-corrected chi connectivity index (χ2v) is 7.00. The summed E-state index contributed by atoms with van der Waals surface area (Å²) in [4.78, 5) is 0. The van der Waals surface area contributed by atoms with Gasteiger partial charge in [0.05, 0.1) is 7.11 Å². The minimum Gasteiger partial charge on any atom is -0.497 e. The summed E-state index contributed by atoms with van der Waals surface area (Å²) in [5.74, 6) is 2.41. The molecule has 0 radical (unpaired) electrons. The number of ether oxygens (including phenoxy) is 2. The lowest BCUT2D eigenvalue weighted by atomic mass is 10.1. The summed E-state index contributed by atoms with van der Waals surface area (Å²) >= 11 is 3.49. The minimum absolute atomic E-state index is 0.364. The van der Waals surface area contributed by atoms with E-state index in [1.54, 1.807) is 7.11 Å². The molecule has 0 fully saturated rings. The van der Waals surface area contributed by atoms with E-state index in [4.69, 9.17) is 13.9 Å². The normalized spacial score (nSPS) is 12.1. The Morgan fingerprint density at radius 1 is 0.889 bits per heavy atom. The van der Waals surface area contributed by atoms with Crippen LogP contribution in [0.5, 0.6) is 11.5 Å². The maximum atomic E-state index is 6.00. The third-order valence-corrected chi connectivity index (χ3v) is 4.71. The first-order valence-electron chi connectivity index (χ1n) is 8.46. The monoisotopic (exact) mass is 424 g/mol. The zero-order valence-electron chi connectivity index (χ0n) is 14.8. The molecule has 0 aliphatic heterocycles. The molecule has 0 N–H and O–H groups in total. The number of nitrogens with zero attached hydrogens (tertiary/aromatic N) is 2. The van der Waals surface area contributed by atoms with Crippen molar-refractivity contribution in [3.63, 3.8) is 0 Å². The molecule has 5 nitrogen and oxygen atoms in total. The molecule has 6 heteroatoms. The number of hydrogen-bond acceptors (Lipinski definition) is 5. The van der Waals surface area contributed by atoms with Crippen LogP contribution < -0.4 is 9.47 Å². The second-order valence-electron chi connectivity index (χ2n) is 6.09. The van der Waals surface area contributed by atoms with Crippen LogP contribution in [0.4, 0.5) is 0 Å². The van der Waals surface area contributed by atoms with Gasteiger partial charge in [0.25, 0.3) is 5.89 Å². The van der Waals surface area contributed by atoms with Gasteiger partial charge in [-0.05, 0) is 66.2 Å². The molecular weight excluding hydrogens is 408 g/mol. The quantitative estimate of drug-likeness (QED) is 0.405. The number of aromatic nitrogens is 2. The fraction of sp³-hybridized carbons (Fsp3) is 0.143. The zero-order chi connectivity index (χ0) is 18.8. The number of benzene rings is 3. The third-order valence-electron chi connectivity index (χ3n) is 4.21. The van der Waals surface area contributed by atoms with Crippen LogP contribution in [0.2, 0.25) is 0 Å². The standard InChI is InChI=1S/C21H17BrN2O3/c1-13(26-19-10-6-15-11-17(22)7-3-16(15)12-19)20-23-24-21(27-20)14-4-8-18(25-2)9-5-14/h3-13H,1-2H3/t13-/m1/s1. The Hall–Kier alpha value is -2.86. The van der Waals surface area contributed by atoms with Crippen LogP contribution in [0.15, 0.2) is 69.6 Å². The highest BCUT2D eigenvalue weighted by atomic mass is 79.9. The summed E-state index contributed by atoms with van der Waals surface area (Å²) in [6, 6.07) is 19.6. The van der Waals surface area contributed by atoms with Gasteiger partial charge in [0, 0.05) is 10.0 Å². The molecular formula is C21H17BrN2O3. The van der Waals surface area contributed by atoms with E-state index < -0.39 is 0 Å². The first kappa shape index (κ1) is 17.5. The lowest BCUT2D eigenvalue weighted by Crippen LogP contribution is -2.03. The SMILES string of the molecule is COc1ccc(-c2nnc([C@@H](C)Oc3ccc4cc(Br)ccc4c3)o2)cc1. The highest BCUT2D eigenvalue weighted by Gasteiger charge is 2.17. The lowest BCUT2D eigenvalue weighted by Gasteiger charge is -2.11. The van der Waals surface area contributed by atoms with Crippen molar-refractivity contribution in [3.8, 4) is 23.0 Å². The smallest absolute Gasteiger partial charge is 0.257 e. The van der Waals surface area contributed by atoms with Crippen LogP contribution in [-0.4, -0.2) is 17.3 Å². The average molecular weight is 425 g/mol. The van der Waals surface area contributed by atoms with Crippen molar-refractivity contribution < 1.29 is 13.9 Å². The number of rotatable bonds is 5. The molecule has 0 saturated carbocycles. The molecule has 0 amide bonds. The molecule has 4 aromatic rings. The van der Waals surface area contributed by atoms with Gasteiger partial charge >= 0.3 is 0 Å². The van der Waals surface area contributed by atoms with E-state index in [1.807, 2.05) is 61.5 Å². The fourth-order valence-electron chi connectivity index (χ4n) is 2.77. The van der Waals surface area contributed by atoms with Gasteiger partial charge in [0.2, 0.25) is 5.89 Å². The Labute approximate surface area is 165 Å². The van der Waals surface area contributed by atoms with Gasteiger partial charge in [-0.2, -0.15) is 0 Å². The van der Waals surface area contributed by atoms with Gasteiger partial charge in [0.1, 0.15) is 11.5 Å². The van der Waals surface area contributed by atoms with E-state index in [0.717, 1.165) is 32.3 Å². The van der Waals surface area contributed by atoms with Crippen LogP contribution in [0.3, 0.4) is 0 Å². The van der Waals surface area contributed by atoms with Crippen molar-refractivity contribution >= 4 is 26.7 Å². The van der Waals surface area contributed by atoms with Crippen LogP contribution in [0.25, 0.3) is 22.2 Å². The molecule has 0 spiro atoms. The summed E-state index contributed by atoms with van der Waals surface area (Å²) in [5, 5.41) is 10.5. The lowest BCUT2D eigenvalue weighted by molar-refractivity contribution is 0.190. The maximum Gasteiger partial charge on any atom is 0.257 e. The van der Waals surface area contributed by atoms with E-state index in [1.165, 1.54) is 0 Å². The van der Waals surface area contributed by atoms with Crippen LogP contribution in [0.1, 0.15) is 18.9 Å². The molecule has 3 aromatic carbocycles. The van der Waals surface area contributed by atoms with Crippen molar-refractivity contribution in [2.45, 2.75) is 13.0 Å². The van der Waals surface area contributed by atoms with Gasteiger partial charge in [-0.3, -0.25) is 0 Å². The van der Waals surface area contributed by atoms with Gasteiger partial charge in [-0.1, -0.05) is 28.1 Å². The van der Waals surface area contributed by atoms with Crippen molar-refractivity contribution in [3.05, 3.63) is 71.0 Å². The Morgan fingerprint density at radius 3 is 2.37 bits per heavy atom. The molecule has 1 heterocycles. The van der Waals surface area contributed by atoms with E-state index in [-0.39, 0.29) is 6.10 Å². The molecule has 27 heavy (non-hydrogen) atoms. The number of hydrogen-bond donors (Lipinski definition) is 0. The van der Waals surface area contributed by atoms with Gasteiger partial charge in [-0.25, -0.2) is 0 Å². The largest absolute Gasteiger partial charge is 0.497 e. The predicted octanol–water partition coefficient (Wildman–Crippen LogP) is 5.80. The molecule has 0 bridgehead atoms. The van der Waals surface area contributed by atoms with Gasteiger partial charge in [-0.15, -0.1) is 10.2 Å². The van der Waals surface area contributed by atoms with E-state index in [0.29, 0.717) is 11.8 Å². The Kier molecular flexibility index (Phi) is 4.81. The molecule has 0 saturated heterocycles. The van der Waals surface area contributed by atoms with Crippen molar-refractivity contribution in [1.82, 2.24) is 10.2 Å². The summed E-state index contributed by atoms with van der Waals surface area (Å²) < 4.78 is 18.0. The Morgan fingerprint density at radius 2 is 1.59 bits per heavy atom. The average Bonchev–Trinajstić information content (AvgIpc) is 3.18. The first-order valence-corrected chi connectivity index (χ1v) is 9.25. The highest BCUT2D eigenvalue weighted by molar-refractivity contribution is 9.10. The van der Waals surface area contributed by atoms with Crippen LogP contribution >= 0.6 is 15.9 Å². The second kappa shape index (κ2) is 7.40. The van der Waals surface area contributed by atoms with E-state index >= 15 is 0 Å². The molecule has 136 valence electrons. The summed E-state index contributed by atoms with van der Waals surface area (Å²) in [6.45, 7) is 1.89. The van der Waals surface area contributed by atoms with Crippen molar-refractivity contribution in [1.29, 1.82) is 0 Å². The van der Waals surface area contributed by atoms with Crippen LogP contribution in [0, 0.1) is 0 Å². The molecule has 0 aliphatic carbocycles. The fourth-order valence-corrected chi connectivity index (χ4v) is 3.15. The van der Waals surface area contributed by atoms with E-state index in [9.17, 15) is 0 Å².